The van der Waals surface area contributed by atoms with Gasteiger partial charge >= 0.3 is 0 Å². The molecule has 1 saturated heterocycles. The van der Waals surface area contributed by atoms with Gasteiger partial charge in [0.25, 0.3) is 0 Å². The maximum absolute atomic E-state index is 2.53. The van der Waals surface area contributed by atoms with Gasteiger partial charge in [0, 0.05) is 5.92 Å². The molecule has 3 aliphatic carbocycles. The second-order valence-corrected chi connectivity index (χ2v) is 8.61. The maximum atomic E-state index is 2.53. The van der Waals surface area contributed by atoms with Crippen LogP contribution in [-0.4, -0.2) is 38.8 Å². The molecule has 1 aliphatic heterocycles. The first-order valence-electron chi connectivity index (χ1n) is 9.64. The van der Waals surface area contributed by atoms with E-state index in [2.05, 4.69) is 19.1 Å². The van der Waals surface area contributed by atoms with E-state index in [4.69, 9.17) is 0 Å². The lowest BCUT2D eigenvalue weighted by Crippen LogP contribution is -3.29. The normalized spacial score (nSPS) is 49.7. The van der Waals surface area contributed by atoms with E-state index in [9.17, 15) is 0 Å². The number of rotatable bonds is 3. The summed E-state index contributed by atoms with van der Waals surface area (Å²) in [5.74, 6) is 3.92. The molecule has 3 fully saturated rings. The molecule has 118 valence electrons. The Morgan fingerprint density at radius 2 is 1.67 bits per heavy atom. The zero-order valence-corrected chi connectivity index (χ0v) is 13.8. The minimum absolute atomic E-state index is 0.952. The van der Waals surface area contributed by atoms with Gasteiger partial charge in [-0.05, 0) is 56.3 Å². The fourth-order valence-corrected chi connectivity index (χ4v) is 5.71. The highest BCUT2D eigenvalue weighted by atomic mass is 15.3. The summed E-state index contributed by atoms with van der Waals surface area (Å²) in [6, 6.07) is 1.01. The third-order valence-corrected chi connectivity index (χ3v) is 7.16. The molecule has 0 radical (unpaired) electrons. The zero-order valence-electron chi connectivity index (χ0n) is 13.8. The van der Waals surface area contributed by atoms with Gasteiger partial charge in [0.1, 0.15) is 26.2 Å². The van der Waals surface area contributed by atoms with Crippen LogP contribution in [0.4, 0.5) is 0 Å². The number of hydrogen-bond acceptors (Lipinski definition) is 0. The van der Waals surface area contributed by atoms with Crippen LogP contribution in [0.5, 0.6) is 0 Å². The molecule has 0 amide bonds. The van der Waals surface area contributed by atoms with Crippen LogP contribution >= 0.6 is 0 Å². The van der Waals surface area contributed by atoms with Crippen LogP contribution in [0.15, 0.2) is 12.2 Å². The van der Waals surface area contributed by atoms with Crippen LogP contribution in [0, 0.1) is 23.7 Å². The van der Waals surface area contributed by atoms with Crippen molar-refractivity contribution in [1.82, 2.24) is 0 Å². The monoisotopic (exact) mass is 290 g/mol. The first-order valence-corrected chi connectivity index (χ1v) is 9.64. The lowest BCUT2D eigenvalue weighted by atomic mass is 9.86. The Bertz CT molecular complexity index is 375. The lowest BCUT2D eigenvalue weighted by molar-refractivity contribution is -1.03. The summed E-state index contributed by atoms with van der Waals surface area (Å²) < 4.78 is 0. The predicted molar refractivity (Wildman–Crippen MR) is 86.5 cm³/mol. The zero-order chi connectivity index (χ0) is 14.2. The Balaban J connectivity index is 1.23. The van der Waals surface area contributed by atoms with Crippen molar-refractivity contribution in [2.45, 2.75) is 51.5 Å². The summed E-state index contributed by atoms with van der Waals surface area (Å²) in [6.07, 6.45) is 14.0. The predicted octanol–water partition coefficient (Wildman–Crippen LogP) is 0.561. The van der Waals surface area contributed by atoms with Gasteiger partial charge in [0.2, 0.25) is 0 Å². The van der Waals surface area contributed by atoms with Crippen molar-refractivity contribution < 1.29 is 9.80 Å². The molecule has 2 N–H and O–H groups in total. The van der Waals surface area contributed by atoms with E-state index in [-0.39, 0.29) is 0 Å². The third-order valence-electron chi connectivity index (χ3n) is 7.16. The molecule has 2 nitrogen and oxygen atoms in total. The van der Waals surface area contributed by atoms with E-state index in [0.29, 0.717) is 0 Å². The Morgan fingerprint density at radius 3 is 2.29 bits per heavy atom. The van der Waals surface area contributed by atoms with Gasteiger partial charge in [-0.3, -0.25) is 0 Å². The average Bonchev–Trinajstić information content (AvgIpc) is 3.12. The van der Waals surface area contributed by atoms with E-state index in [0.717, 1.165) is 29.7 Å². The molecule has 1 heterocycles. The fraction of sp³-hybridized carbons (Fsp3) is 0.895. The standard InChI is InChI=1S/C19H32N2/c1-15-2-6-19(7-3-15)21-10-8-20(9-11-21)14-18-13-16-4-5-17(18)12-16/h4-5,15-19H,2-3,6-14H2,1H3/p+2/t15?,16-,17+,18+,19?/m0/s1. The highest BCUT2D eigenvalue weighted by molar-refractivity contribution is 5.09. The number of quaternary nitrogens is 2. The Labute approximate surface area is 130 Å². The van der Waals surface area contributed by atoms with E-state index in [1.165, 1.54) is 71.2 Å². The number of piperazine rings is 1. The SMILES string of the molecule is CC1CCC([NH+]2CC[NH+](C[C@H]3C[C@H]4C=C[C@@H]3C4)CC2)CC1. The van der Waals surface area contributed by atoms with Crippen LogP contribution in [0.3, 0.4) is 0 Å². The average molecular weight is 290 g/mol. The minimum atomic E-state index is 0.952. The van der Waals surface area contributed by atoms with Crippen molar-refractivity contribution in [2.75, 3.05) is 32.7 Å². The largest absolute Gasteiger partial charge is 0.325 e. The van der Waals surface area contributed by atoms with E-state index in [1.54, 1.807) is 0 Å². The maximum Gasteiger partial charge on any atom is 0.127 e. The van der Waals surface area contributed by atoms with Gasteiger partial charge in [-0.2, -0.15) is 0 Å². The number of hydrogen-bond donors (Lipinski definition) is 2. The van der Waals surface area contributed by atoms with Gasteiger partial charge in [-0.15, -0.1) is 0 Å². The molecular formula is C19H34N2+2. The summed E-state index contributed by atoms with van der Waals surface area (Å²) in [4.78, 5) is 3.88. The third kappa shape index (κ3) is 3.07. The smallest absolute Gasteiger partial charge is 0.127 e. The lowest BCUT2D eigenvalue weighted by Gasteiger charge is -2.38. The van der Waals surface area contributed by atoms with Gasteiger partial charge < -0.3 is 9.80 Å². The molecule has 2 bridgehead atoms. The topological polar surface area (TPSA) is 8.88 Å². The summed E-state index contributed by atoms with van der Waals surface area (Å²) in [7, 11) is 0. The Morgan fingerprint density at radius 1 is 0.905 bits per heavy atom. The van der Waals surface area contributed by atoms with Crippen LogP contribution in [0.25, 0.3) is 0 Å². The molecule has 4 rings (SSSR count). The van der Waals surface area contributed by atoms with Crippen molar-refractivity contribution in [3.8, 4) is 0 Å². The first kappa shape index (κ1) is 14.3. The highest BCUT2D eigenvalue weighted by Gasteiger charge is 2.39. The Hall–Kier alpha value is -0.340. The summed E-state index contributed by atoms with van der Waals surface area (Å²) in [5.41, 5.74) is 0. The van der Waals surface area contributed by atoms with Crippen LogP contribution in [-0.2, 0) is 0 Å². The van der Waals surface area contributed by atoms with Crippen LogP contribution in [0.1, 0.15) is 45.4 Å². The van der Waals surface area contributed by atoms with Crippen LogP contribution < -0.4 is 9.80 Å². The Kier molecular flexibility index (Phi) is 4.10. The number of nitrogens with one attached hydrogen (secondary N) is 2. The summed E-state index contributed by atoms with van der Waals surface area (Å²) >= 11 is 0. The minimum Gasteiger partial charge on any atom is -0.325 e. The van der Waals surface area contributed by atoms with Crippen molar-refractivity contribution in [2.24, 2.45) is 23.7 Å². The van der Waals surface area contributed by atoms with E-state index in [1.807, 2.05) is 9.80 Å². The molecule has 0 aromatic heterocycles. The van der Waals surface area contributed by atoms with Gasteiger partial charge in [-0.1, -0.05) is 19.1 Å². The molecule has 0 aromatic rings. The molecule has 2 saturated carbocycles. The highest BCUT2D eigenvalue weighted by Crippen LogP contribution is 2.42. The first-order chi connectivity index (χ1) is 10.3. The van der Waals surface area contributed by atoms with Crippen molar-refractivity contribution in [3.63, 3.8) is 0 Å². The van der Waals surface area contributed by atoms with E-state index < -0.39 is 0 Å². The summed E-state index contributed by atoms with van der Waals surface area (Å²) in [5, 5.41) is 0. The molecule has 3 atom stereocenters. The second kappa shape index (κ2) is 6.04. The number of fused-ring (bicyclic) bond motifs is 2. The second-order valence-electron chi connectivity index (χ2n) is 8.61. The van der Waals surface area contributed by atoms with Crippen molar-refractivity contribution >= 4 is 0 Å². The van der Waals surface area contributed by atoms with E-state index >= 15 is 0 Å². The van der Waals surface area contributed by atoms with Gasteiger partial charge in [0.15, 0.2) is 0 Å². The molecule has 4 aliphatic rings. The molecule has 2 heteroatoms. The van der Waals surface area contributed by atoms with Crippen molar-refractivity contribution in [3.05, 3.63) is 12.2 Å². The molecule has 0 spiro atoms. The van der Waals surface area contributed by atoms with Crippen molar-refractivity contribution in [1.29, 1.82) is 0 Å². The van der Waals surface area contributed by atoms with Crippen LogP contribution in [0.2, 0.25) is 0 Å². The summed E-state index contributed by atoms with van der Waals surface area (Å²) in [6.45, 7) is 9.70. The molecular weight excluding hydrogens is 256 g/mol. The quantitative estimate of drug-likeness (QED) is 0.703. The molecule has 21 heavy (non-hydrogen) atoms. The van der Waals surface area contributed by atoms with Gasteiger partial charge in [0.05, 0.1) is 12.6 Å². The van der Waals surface area contributed by atoms with Gasteiger partial charge in [-0.25, -0.2) is 0 Å². The number of allylic oxidation sites excluding steroid dienone is 2. The molecule has 0 aromatic carbocycles. The fourth-order valence-electron chi connectivity index (χ4n) is 5.71. The molecule has 0 unspecified atom stereocenters.